The van der Waals surface area contributed by atoms with E-state index in [0.717, 1.165) is 12.8 Å². The minimum Gasteiger partial charge on any atom is -0.465 e. The Bertz CT molecular complexity index is 625. The van der Waals surface area contributed by atoms with E-state index in [1.54, 1.807) is 0 Å². The maximum atomic E-state index is 14.3. The van der Waals surface area contributed by atoms with E-state index >= 15 is 0 Å². The quantitative estimate of drug-likeness (QED) is 0.852. The summed E-state index contributed by atoms with van der Waals surface area (Å²) in [6.07, 6.45) is 1.78. The van der Waals surface area contributed by atoms with Crippen molar-refractivity contribution in [1.29, 1.82) is 0 Å². The highest BCUT2D eigenvalue weighted by Gasteiger charge is 2.61. The van der Waals surface area contributed by atoms with Crippen LogP contribution in [0.3, 0.4) is 0 Å². The SMILES string of the molecule is C[C@]1(c2cc(C(N)=O)ccc2F)N=C(N)OCC12CC2. The topological polar surface area (TPSA) is 90.7 Å². The Morgan fingerprint density at radius 2 is 2.15 bits per heavy atom. The fourth-order valence-electron chi connectivity index (χ4n) is 2.90. The smallest absolute Gasteiger partial charge is 0.282 e. The lowest BCUT2D eigenvalue weighted by atomic mass is 9.76. The number of benzene rings is 1. The first-order chi connectivity index (χ1) is 9.38. The van der Waals surface area contributed by atoms with Crippen molar-refractivity contribution in [3.8, 4) is 0 Å². The van der Waals surface area contributed by atoms with Gasteiger partial charge in [-0.05, 0) is 38.0 Å². The summed E-state index contributed by atoms with van der Waals surface area (Å²) >= 11 is 0. The number of rotatable bonds is 2. The molecule has 5 nitrogen and oxygen atoms in total. The molecule has 1 heterocycles. The Labute approximate surface area is 115 Å². The molecule has 106 valence electrons. The number of primary amides is 1. The second-order valence-corrected chi connectivity index (χ2v) is 5.65. The third-order valence-corrected chi connectivity index (χ3v) is 4.49. The molecule has 0 radical (unpaired) electrons. The van der Waals surface area contributed by atoms with Gasteiger partial charge in [-0.15, -0.1) is 0 Å². The third kappa shape index (κ3) is 1.67. The van der Waals surface area contributed by atoms with Crippen molar-refractivity contribution < 1.29 is 13.9 Å². The molecule has 20 heavy (non-hydrogen) atoms. The Balaban J connectivity index is 2.17. The first kappa shape index (κ1) is 12.9. The number of amides is 1. The van der Waals surface area contributed by atoms with E-state index in [-0.39, 0.29) is 17.0 Å². The van der Waals surface area contributed by atoms with E-state index in [1.807, 2.05) is 6.92 Å². The molecule has 1 aromatic rings. The van der Waals surface area contributed by atoms with Gasteiger partial charge in [0.05, 0.1) is 12.1 Å². The fourth-order valence-corrected chi connectivity index (χ4v) is 2.90. The number of aliphatic imine (C=N–C) groups is 1. The molecule has 1 aliphatic carbocycles. The molecule has 0 saturated heterocycles. The van der Waals surface area contributed by atoms with E-state index in [1.165, 1.54) is 18.2 Å². The lowest BCUT2D eigenvalue weighted by Gasteiger charge is -2.38. The summed E-state index contributed by atoms with van der Waals surface area (Å²) in [5.74, 6) is -1.01. The maximum absolute atomic E-state index is 14.3. The molecule has 0 aromatic heterocycles. The normalized spacial score (nSPS) is 26.8. The average molecular weight is 277 g/mol. The zero-order valence-corrected chi connectivity index (χ0v) is 11.1. The highest BCUT2D eigenvalue weighted by Crippen LogP contribution is 2.61. The summed E-state index contributed by atoms with van der Waals surface area (Å²) in [7, 11) is 0. The molecule has 1 spiro atoms. The molecular weight excluding hydrogens is 261 g/mol. The van der Waals surface area contributed by atoms with Crippen LogP contribution in [-0.2, 0) is 10.3 Å². The van der Waals surface area contributed by atoms with Crippen molar-refractivity contribution in [3.63, 3.8) is 0 Å². The molecule has 1 fully saturated rings. The van der Waals surface area contributed by atoms with Crippen molar-refractivity contribution in [2.75, 3.05) is 6.61 Å². The predicted octanol–water partition coefficient (Wildman–Crippen LogP) is 1.26. The van der Waals surface area contributed by atoms with Crippen LogP contribution in [-0.4, -0.2) is 18.5 Å². The summed E-state index contributed by atoms with van der Waals surface area (Å²) in [5, 5.41) is 0. The van der Waals surface area contributed by atoms with Gasteiger partial charge >= 0.3 is 0 Å². The van der Waals surface area contributed by atoms with Crippen molar-refractivity contribution in [1.82, 2.24) is 0 Å². The van der Waals surface area contributed by atoms with Gasteiger partial charge in [-0.25, -0.2) is 9.38 Å². The van der Waals surface area contributed by atoms with Gasteiger partial charge in [-0.2, -0.15) is 0 Å². The van der Waals surface area contributed by atoms with Gasteiger partial charge in [0.1, 0.15) is 5.82 Å². The molecule has 0 bridgehead atoms. The van der Waals surface area contributed by atoms with Crippen molar-refractivity contribution in [2.24, 2.45) is 21.9 Å². The van der Waals surface area contributed by atoms with Crippen LogP contribution in [0.5, 0.6) is 0 Å². The number of hydrogen-bond donors (Lipinski definition) is 2. The Morgan fingerprint density at radius 3 is 2.75 bits per heavy atom. The molecule has 1 aliphatic heterocycles. The molecule has 2 aliphatic rings. The van der Waals surface area contributed by atoms with Crippen molar-refractivity contribution in [3.05, 3.63) is 35.1 Å². The predicted molar refractivity (Wildman–Crippen MR) is 71.5 cm³/mol. The highest BCUT2D eigenvalue weighted by molar-refractivity contribution is 5.93. The maximum Gasteiger partial charge on any atom is 0.282 e. The van der Waals surface area contributed by atoms with E-state index in [4.69, 9.17) is 16.2 Å². The van der Waals surface area contributed by atoms with Gasteiger partial charge in [0.25, 0.3) is 6.02 Å². The standard InChI is InChI=1S/C14H16FN3O2/c1-13(14(4-5-14)7-20-12(17)18-13)9-6-8(11(16)19)2-3-10(9)15/h2-3,6H,4-5,7H2,1H3,(H2,16,19)(H2,17,18)/t13-/m1/s1. The number of carbonyl (C=O) groups excluding carboxylic acids is 1. The number of amidine groups is 1. The Kier molecular flexibility index (Phi) is 2.54. The van der Waals surface area contributed by atoms with Crippen LogP contribution in [0.15, 0.2) is 23.2 Å². The Morgan fingerprint density at radius 1 is 1.45 bits per heavy atom. The number of ether oxygens (including phenoxy) is 1. The summed E-state index contributed by atoms with van der Waals surface area (Å²) in [4.78, 5) is 15.6. The van der Waals surface area contributed by atoms with Gasteiger partial charge in [0.15, 0.2) is 0 Å². The first-order valence-corrected chi connectivity index (χ1v) is 6.46. The molecule has 1 amide bonds. The van der Waals surface area contributed by atoms with E-state index in [9.17, 15) is 9.18 Å². The minimum atomic E-state index is -0.828. The van der Waals surface area contributed by atoms with Crippen LogP contribution >= 0.6 is 0 Å². The molecule has 1 atom stereocenters. The van der Waals surface area contributed by atoms with Crippen molar-refractivity contribution >= 4 is 11.9 Å². The summed E-state index contributed by atoms with van der Waals surface area (Å²) in [6.45, 7) is 2.25. The summed E-state index contributed by atoms with van der Waals surface area (Å²) in [5.41, 5.74) is 10.5. The van der Waals surface area contributed by atoms with Crippen LogP contribution in [0.25, 0.3) is 0 Å². The number of carbonyl (C=O) groups is 1. The van der Waals surface area contributed by atoms with Crippen LogP contribution in [0.4, 0.5) is 4.39 Å². The third-order valence-electron chi connectivity index (χ3n) is 4.49. The second kappa shape index (κ2) is 3.94. The van der Waals surface area contributed by atoms with E-state index in [2.05, 4.69) is 4.99 Å². The zero-order valence-electron chi connectivity index (χ0n) is 11.1. The fraction of sp³-hybridized carbons (Fsp3) is 0.429. The second-order valence-electron chi connectivity index (χ2n) is 5.65. The molecule has 4 N–H and O–H groups in total. The number of nitrogens with two attached hydrogens (primary N) is 2. The lowest BCUT2D eigenvalue weighted by Crippen LogP contribution is -2.44. The molecule has 3 rings (SSSR count). The molecule has 6 heteroatoms. The van der Waals surface area contributed by atoms with Crippen LogP contribution in [0.2, 0.25) is 0 Å². The number of hydrogen-bond acceptors (Lipinski definition) is 4. The van der Waals surface area contributed by atoms with Crippen LogP contribution in [0, 0.1) is 11.2 Å². The summed E-state index contributed by atoms with van der Waals surface area (Å²) < 4.78 is 19.6. The molecule has 1 saturated carbocycles. The largest absolute Gasteiger partial charge is 0.465 e. The van der Waals surface area contributed by atoms with E-state index < -0.39 is 17.3 Å². The molecule has 0 unspecified atom stereocenters. The molecule has 1 aromatic carbocycles. The first-order valence-electron chi connectivity index (χ1n) is 6.46. The minimum absolute atomic E-state index is 0.0499. The van der Waals surface area contributed by atoms with Crippen molar-refractivity contribution in [2.45, 2.75) is 25.3 Å². The lowest BCUT2D eigenvalue weighted by molar-refractivity contribution is 0.0998. The average Bonchev–Trinajstić information content (AvgIpc) is 3.16. The summed E-state index contributed by atoms with van der Waals surface area (Å²) in [6, 6.07) is 4.14. The van der Waals surface area contributed by atoms with Gasteiger partial charge in [0.2, 0.25) is 5.91 Å². The number of nitrogens with zero attached hydrogens (tertiary/aromatic N) is 1. The Hall–Kier alpha value is -2.11. The van der Waals surface area contributed by atoms with Gasteiger partial charge in [0, 0.05) is 16.5 Å². The zero-order chi connectivity index (χ0) is 14.5. The highest BCUT2D eigenvalue weighted by atomic mass is 19.1. The van der Waals surface area contributed by atoms with Gasteiger partial charge in [-0.3, -0.25) is 4.79 Å². The molecular formula is C14H16FN3O2. The monoisotopic (exact) mass is 277 g/mol. The van der Waals surface area contributed by atoms with Crippen LogP contribution < -0.4 is 11.5 Å². The van der Waals surface area contributed by atoms with Gasteiger partial charge in [-0.1, -0.05) is 0 Å². The van der Waals surface area contributed by atoms with Crippen LogP contribution in [0.1, 0.15) is 35.7 Å². The van der Waals surface area contributed by atoms with E-state index in [0.29, 0.717) is 12.2 Å². The number of halogens is 1. The van der Waals surface area contributed by atoms with Gasteiger partial charge < -0.3 is 16.2 Å².